The quantitative estimate of drug-likeness (QED) is 0.168. The summed E-state index contributed by atoms with van der Waals surface area (Å²) in [6.45, 7) is 11.6. The lowest BCUT2D eigenvalue weighted by molar-refractivity contribution is -0.128. The van der Waals surface area contributed by atoms with Gasteiger partial charge < -0.3 is 14.5 Å². The van der Waals surface area contributed by atoms with E-state index in [9.17, 15) is 18.4 Å². The normalized spacial score (nSPS) is 18.1. The Morgan fingerprint density at radius 2 is 1.83 bits per heavy atom. The van der Waals surface area contributed by atoms with Crippen LogP contribution in [0.2, 0.25) is 0 Å². The van der Waals surface area contributed by atoms with Crippen molar-refractivity contribution in [2.24, 2.45) is 0 Å². The first-order valence-electron chi connectivity index (χ1n) is 15.0. The molecule has 0 spiro atoms. The van der Waals surface area contributed by atoms with Gasteiger partial charge in [-0.05, 0) is 56.4 Å². The van der Waals surface area contributed by atoms with Gasteiger partial charge in [0, 0.05) is 37.4 Å². The third-order valence-electron chi connectivity index (χ3n) is 8.53. The summed E-state index contributed by atoms with van der Waals surface area (Å²) >= 11 is 0. The molecule has 13 heteroatoms. The van der Waals surface area contributed by atoms with Crippen molar-refractivity contribution in [1.29, 1.82) is 0 Å². The number of ether oxygens (including phenoxy) is 1. The molecule has 2 aliphatic rings. The SMILES string of the molecule is C=CC(=O)N1C[C@H](C)N(c2nc(=O)n3c4nc(c(F)cc24)-c2c(cc(F)c(F)c2F)OCCCc2ccnc(C(C)C)c2-3)C[C@H]1C. The molecule has 1 saturated heterocycles. The lowest BCUT2D eigenvalue weighted by Crippen LogP contribution is -2.58. The number of hydrogen-bond donors (Lipinski definition) is 0. The zero-order valence-electron chi connectivity index (χ0n) is 25.8. The smallest absolute Gasteiger partial charge is 0.355 e. The van der Waals surface area contributed by atoms with Crippen molar-refractivity contribution in [3.63, 3.8) is 0 Å². The summed E-state index contributed by atoms with van der Waals surface area (Å²) in [6.07, 6.45) is 3.57. The predicted octanol–water partition coefficient (Wildman–Crippen LogP) is 5.46. The summed E-state index contributed by atoms with van der Waals surface area (Å²) in [7, 11) is 0. The van der Waals surface area contributed by atoms with E-state index in [4.69, 9.17) is 4.74 Å². The minimum atomic E-state index is -1.81. The molecule has 6 rings (SSSR count). The Kier molecular flexibility index (Phi) is 8.03. The summed E-state index contributed by atoms with van der Waals surface area (Å²) in [5.41, 5.74) is -0.515. The van der Waals surface area contributed by atoms with Crippen LogP contribution in [-0.4, -0.2) is 62.1 Å². The lowest BCUT2D eigenvalue weighted by atomic mass is 10.0. The maximum atomic E-state index is 16.2. The molecule has 3 aromatic heterocycles. The number of benzene rings is 1. The van der Waals surface area contributed by atoms with E-state index in [1.54, 1.807) is 22.1 Å². The van der Waals surface area contributed by atoms with Gasteiger partial charge >= 0.3 is 5.69 Å². The monoisotopic (exact) mass is 636 g/mol. The number of piperazine rings is 1. The van der Waals surface area contributed by atoms with Crippen LogP contribution in [0.1, 0.15) is 51.3 Å². The highest BCUT2D eigenvalue weighted by atomic mass is 19.2. The molecule has 2 bridgehead atoms. The number of rotatable bonds is 3. The summed E-state index contributed by atoms with van der Waals surface area (Å²) < 4.78 is 67.6. The standard InChI is InChI=1S/C33H32F4N6O3/c1-6-24(44)41-14-18(5)42(15-17(41)4)31-20-12-22(35)29-25-23(13-21(34)26(36)27(25)37)46-11-7-8-19-9-10-38-28(16(2)3)30(19)43(32(20)39-29)33(45)40-31/h6,9-10,12-13,16-18H,1,7-8,11,14-15H2,2-5H3/t17-,18+/m1/s1. The highest BCUT2D eigenvalue weighted by Crippen LogP contribution is 2.39. The Bertz CT molecular complexity index is 1960. The van der Waals surface area contributed by atoms with Gasteiger partial charge in [0.15, 0.2) is 28.9 Å². The third kappa shape index (κ3) is 5.07. The molecule has 1 aromatic carbocycles. The molecule has 0 radical (unpaired) electrons. The second-order valence-electron chi connectivity index (χ2n) is 12.0. The number of carbonyl (C=O) groups excluding carboxylic acids is 1. The van der Waals surface area contributed by atoms with Gasteiger partial charge in [0.25, 0.3) is 0 Å². The lowest BCUT2D eigenvalue weighted by Gasteiger charge is -2.44. The van der Waals surface area contributed by atoms with Crippen LogP contribution in [0.5, 0.6) is 5.75 Å². The minimum absolute atomic E-state index is 0.0461. The van der Waals surface area contributed by atoms with Crippen molar-refractivity contribution in [2.45, 2.75) is 58.5 Å². The van der Waals surface area contributed by atoms with E-state index in [1.807, 2.05) is 27.7 Å². The van der Waals surface area contributed by atoms with Gasteiger partial charge in [-0.1, -0.05) is 20.4 Å². The van der Waals surface area contributed by atoms with Crippen LogP contribution < -0.4 is 15.3 Å². The Labute approximate surface area is 262 Å². The molecule has 4 aromatic rings. The molecular formula is C33H32F4N6O3. The van der Waals surface area contributed by atoms with Crippen LogP contribution in [0.3, 0.4) is 0 Å². The zero-order chi connectivity index (χ0) is 33.0. The van der Waals surface area contributed by atoms with Gasteiger partial charge in [0.1, 0.15) is 17.3 Å². The molecule has 2 aliphatic heterocycles. The number of carbonyl (C=O) groups is 1. The van der Waals surface area contributed by atoms with Crippen LogP contribution in [-0.2, 0) is 11.2 Å². The highest BCUT2D eigenvalue weighted by molar-refractivity contribution is 5.92. The number of nitrogens with zero attached hydrogens (tertiary/aromatic N) is 6. The van der Waals surface area contributed by atoms with Crippen molar-refractivity contribution < 1.29 is 27.1 Å². The topological polar surface area (TPSA) is 93.5 Å². The predicted molar refractivity (Wildman–Crippen MR) is 164 cm³/mol. The van der Waals surface area contributed by atoms with E-state index in [0.717, 1.165) is 6.07 Å². The first-order chi connectivity index (χ1) is 21.9. The van der Waals surface area contributed by atoms with E-state index >= 15 is 8.78 Å². The third-order valence-corrected chi connectivity index (χ3v) is 8.53. The number of halogens is 4. The number of hydrogen-bond acceptors (Lipinski definition) is 7. The Morgan fingerprint density at radius 3 is 2.54 bits per heavy atom. The average Bonchev–Trinajstić information content (AvgIpc) is 3.02. The second-order valence-corrected chi connectivity index (χ2v) is 12.0. The van der Waals surface area contributed by atoms with Gasteiger partial charge in [0.2, 0.25) is 5.91 Å². The summed E-state index contributed by atoms with van der Waals surface area (Å²) in [5.74, 6) is -6.76. The zero-order valence-corrected chi connectivity index (χ0v) is 25.8. The van der Waals surface area contributed by atoms with E-state index in [-0.39, 0.29) is 60.5 Å². The fourth-order valence-electron chi connectivity index (χ4n) is 6.29. The summed E-state index contributed by atoms with van der Waals surface area (Å²) in [6, 6.07) is 2.81. The van der Waals surface area contributed by atoms with E-state index < -0.39 is 46.0 Å². The molecule has 5 heterocycles. The molecule has 0 aliphatic carbocycles. The fraction of sp³-hybridized carbons (Fsp3) is 0.364. The maximum Gasteiger partial charge on any atom is 0.355 e. The molecule has 240 valence electrons. The van der Waals surface area contributed by atoms with E-state index in [1.165, 1.54) is 10.6 Å². The van der Waals surface area contributed by atoms with Crippen LogP contribution in [0.25, 0.3) is 28.0 Å². The number of anilines is 1. The van der Waals surface area contributed by atoms with Crippen LogP contribution in [0, 0.1) is 23.3 Å². The van der Waals surface area contributed by atoms with Gasteiger partial charge in [-0.15, -0.1) is 0 Å². The van der Waals surface area contributed by atoms with Crippen molar-refractivity contribution in [1.82, 2.24) is 24.4 Å². The number of fused-ring (bicyclic) bond motifs is 5. The number of pyridine rings is 2. The van der Waals surface area contributed by atoms with Crippen molar-refractivity contribution in [3.8, 4) is 22.7 Å². The van der Waals surface area contributed by atoms with Crippen molar-refractivity contribution >= 4 is 22.8 Å². The highest BCUT2D eigenvalue weighted by Gasteiger charge is 2.35. The second kappa shape index (κ2) is 11.8. The van der Waals surface area contributed by atoms with Gasteiger partial charge in [0.05, 0.1) is 28.9 Å². The molecule has 1 fully saturated rings. The molecule has 9 nitrogen and oxygen atoms in total. The fourth-order valence-corrected chi connectivity index (χ4v) is 6.29. The van der Waals surface area contributed by atoms with Crippen LogP contribution >= 0.6 is 0 Å². The molecular weight excluding hydrogens is 604 g/mol. The van der Waals surface area contributed by atoms with Crippen LogP contribution in [0.4, 0.5) is 23.4 Å². The Morgan fingerprint density at radius 1 is 1.07 bits per heavy atom. The largest absolute Gasteiger partial charge is 0.493 e. The number of amides is 1. The van der Waals surface area contributed by atoms with E-state index in [0.29, 0.717) is 35.9 Å². The Balaban J connectivity index is 1.71. The molecule has 0 saturated carbocycles. The summed E-state index contributed by atoms with van der Waals surface area (Å²) in [5, 5.41) is 0.121. The number of aromatic nitrogens is 4. The van der Waals surface area contributed by atoms with E-state index in [2.05, 4.69) is 21.5 Å². The molecule has 1 amide bonds. The molecule has 0 unspecified atom stereocenters. The summed E-state index contributed by atoms with van der Waals surface area (Å²) in [4.78, 5) is 43.6. The maximum absolute atomic E-state index is 16.2. The van der Waals surface area contributed by atoms with Crippen molar-refractivity contribution in [2.75, 3.05) is 24.6 Å². The molecule has 46 heavy (non-hydrogen) atoms. The van der Waals surface area contributed by atoms with Gasteiger partial charge in [-0.25, -0.2) is 31.9 Å². The Hall–Kier alpha value is -4.81. The van der Waals surface area contributed by atoms with Gasteiger partial charge in [-0.3, -0.25) is 9.78 Å². The first kappa shape index (κ1) is 31.2. The average molecular weight is 637 g/mol. The first-order valence-corrected chi connectivity index (χ1v) is 15.0. The molecule has 2 atom stereocenters. The van der Waals surface area contributed by atoms with Gasteiger partial charge in [-0.2, -0.15) is 4.98 Å². The molecule has 0 N–H and O–H groups in total. The van der Waals surface area contributed by atoms with Crippen LogP contribution in [0.15, 0.2) is 41.8 Å². The number of aryl methyl sites for hydroxylation is 1. The van der Waals surface area contributed by atoms with Crippen molar-refractivity contribution in [3.05, 3.63) is 82.1 Å². The minimum Gasteiger partial charge on any atom is -0.493 e.